The topological polar surface area (TPSA) is 72.6 Å². The lowest BCUT2D eigenvalue weighted by molar-refractivity contribution is 0.0994. The number of carbonyl (C=O) groups excluding carboxylic acids is 1. The molecular weight excluding hydrogens is 250 g/mol. The van der Waals surface area contributed by atoms with Crippen molar-refractivity contribution in [3.63, 3.8) is 0 Å². The van der Waals surface area contributed by atoms with E-state index in [9.17, 15) is 4.79 Å². The van der Waals surface area contributed by atoms with Gasteiger partial charge in [-0.1, -0.05) is 15.9 Å². The number of hydrogen-bond acceptors (Lipinski definition) is 3. The van der Waals surface area contributed by atoms with E-state index in [1.54, 1.807) is 18.2 Å². The molecular formula is C9H10BrNO3. The number of aliphatic hydroxyl groups is 1. The van der Waals surface area contributed by atoms with Crippen LogP contribution < -0.4 is 10.5 Å². The molecule has 0 heterocycles. The van der Waals surface area contributed by atoms with Crippen molar-refractivity contribution in [2.24, 2.45) is 5.73 Å². The molecule has 0 aliphatic rings. The van der Waals surface area contributed by atoms with Crippen LogP contribution >= 0.6 is 15.9 Å². The van der Waals surface area contributed by atoms with Crippen molar-refractivity contribution in [1.29, 1.82) is 0 Å². The first kappa shape index (κ1) is 11.0. The Labute approximate surface area is 89.8 Å². The van der Waals surface area contributed by atoms with Crippen molar-refractivity contribution in [1.82, 2.24) is 0 Å². The number of nitrogens with two attached hydrogens (primary N) is 1. The smallest absolute Gasteiger partial charge is 0.252 e. The molecule has 1 aromatic rings. The molecule has 1 aromatic carbocycles. The van der Waals surface area contributed by atoms with E-state index in [4.69, 9.17) is 15.6 Å². The highest BCUT2D eigenvalue weighted by atomic mass is 79.9. The molecule has 0 aromatic heterocycles. The Balaban J connectivity index is 2.96. The molecule has 0 fully saturated rings. The van der Waals surface area contributed by atoms with Crippen molar-refractivity contribution in [3.05, 3.63) is 28.2 Å². The predicted molar refractivity (Wildman–Crippen MR) is 55.2 cm³/mol. The summed E-state index contributed by atoms with van der Waals surface area (Å²) in [7, 11) is 0. The van der Waals surface area contributed by atoms with Gasteiger partial charge in [0, 0.05) is 4.47 Å². The van der Waals surface area contributed by atoms with Gasteiger partial charge < -0.3 is 15.6 Å². The van der Waals surface area contributed by atoms with Gasteiger partial charge >= 0.3 is 0 Å². The molecule has 0 aliphatic carbocycles. The lowest BCUT2D eigenvalue weighted by Gasteiger charge is -2.08. The first-order valence-electron chi connectivity index (χ1n) is 3.98. The Kier molecular flexibility index (Phi) is 3.91. The largest absolute Gasteiger partial charge is 0.490 e. The first-order chi connectivity index (χ1) is 6.65. The van der Waals surface area contributed by atoms with Crippen LogP contribution in [0, 0.1) is 0 Å². The van der Waals surface area contributed by atoms with Crippen LogP contribution in [0.3, 0.4) is 0 Å². The van der Waals surface area contributed by atoms with Gasteiger partial charge in [-0.2, -0.15) is 0 Å². The summed E-state index contributed by atoms with van der Waals surface area (Å²) >= 11 is 3.22. The SMILES string of the molecule is NC(=O)c1cc(Br)ccc1OCCO. The van der Waals surface area contributed by atoms with E-state index in [1.165, 1.54) is 0 Å². The second-order valence-electron chi connectivity index (χ2n) is 2.58. The molecule has 3 N–H and O–H groups in total. The maximum Gasteiger partial charge on any atom is 0.252 e. The van der Waals surface area contributed by atoms with E-state index >= 15 is 0 Å². The van der Waals surface area contributed by atoms with Crippen LogP contribution in [0.1, 0.15) is 10.4 Å². The van der Waals surface area contributed by atoms with Crippen LogP contribution in [0.4, 0.5) is 0 Å². The van der Waals surface area contributed by atoms with E-state index in [1.807, 2.05) is 0 Å². The average Bonchev–Trinajstić information content (AvgIpc) is 2.15. The third kappa shape index (κ3) is 2.71. The van der Waals surface area contributed by atoms with E-state index in [-0.39, 0.29) is 13.2 Å². The molecule has 14 heavy (non-hydrogen) atoms. The zero-order chi connectivity index (χ0) is 10.6. The fourth-order valence-corrected chi connectivity index (χ4v) is 1.34. The second-order valence-corrected chi connectivity index (χ2v) is 3.49. The molecule has 76 valence electrons. The zero-order valence-corrected chi connectivity index (χ0v) is 8.95. The van der Waals surface area contributed by atoms with E-state index in [2.05, 4.69) is 15.9 Å². The maximum atomic E-state index is 11.0. The Morgan fingerprint density at radius 1 is 1.57 bits per heavy atom. The fourth-order valence-electron chi connectivity index (χ4n) is 0.976. The highest BCUT2D eigenvalue weighted by Crippen LogP contribution is 2.22. The lowest BCUT2D eigenvalue weighted by atomic mass is 10.2. The first-order valence-corrected chi connectivity index (χ1v) is 4.77. The summed E-state index contributed by atoms with van der Waals surface area (Å²) in [4.78, 5) is 11.0. The predicted octanol–water partition coefficient (Wildman–Crippen LogP) is 0.919. The number of rotatable bonds is 4. The number of amides is 1. The minimum absolute atomic E-state index is 0.103. The van der Waals surface area contributed by atoms with Gasteiger partial charge in [-0.3, -0.25) is 4.79 Å². The van der Waals surface area contributed by atoms with Gasteiger partial charge in [-0.15, -0.1) is 0 Å². The summed E-state index contributed by atoms with van der Waals surface area (Å²) in [5, 5.41) is 8.56. The van der Waals surface area contributed by atoms with Crippen molar-refractivity contribution in [2.45, 2.75) is 0 Å². The number of benzene rings is 1. The van der Waals surface area contributed by atoms with Gasteiger partial charge in [0.15, 0.2) is 0 Å². The third-order valence-corrected chi connectivity index (χ3v) is 2.05. The molecule has 1 amide bonds. The summed E-state index contributed by atoms with van der Waals surface area (Å²) in [5.74, 6) is -0.172. The molecule has 0 unspecified atom stereocenters. The quantitative estimate of drug-likeness (QED) is 0.845. The Hall–Kier alpha value is -1.07. The molecule has 0 saturated heterocycles. The standard InChI is InChI=1S/C9H10BrNO3/c10-6-1-2-8(14-4-3-12)7(5-6)9(11)13/h1-2,5,12H,3-4H2,(H2,11,13). The zero-order valence-electron chi connectivity index (χ0n) is 7.37. The van der Waals surface area contributed by atoms with Gasteiger partial charge in [0.05, 0.1) is 12.2 Å². The summed E-state index contributed by atoms with van der Waals surface area (Å²) in [6, 6.07) is 4.94. The molecule has 4 nitrogen and oxygen atoms in total. The minimum atomic E-state index is -0.556. The average molecular weight is 260 g/mol. The van der Waals surface area contributed by atoms with Crippen LogP contribution in [-0.4, -0.2) is 24.2 Å². The number of carbonyl (C=O) groups is 1. The number of primary amides is 1. The summed E-state index contributed by atoms with van der Waals surface area (Å²) < 4.78 is 5.88. The molecule has 0 bridgehead atoms. The van der Waals surface area contributed by atoms with E-state index < -0.39 is 5.91 Å². The molecule has 5 heteroatoms. The summed E-state index contributed by atoms with van der Waals surface area (Å²) in [6.45, 7) is 0.0379. The van der Waals surface area contributed by atoms with Crippen molar-refractivity contribution in [2.75, 3.05) is 13.2 Å². The maximum absolute atomic E-state index is 11.0. The van der Waals surface area contributed by atoms with Crippen LogP contribution in [-0.2, 0) is 0 Å². The number of hydrogen-bond donors (Lipinski definition) is 2. The van der Waals surface area contributed by atoms with Crippen molar-refractivity contribution in [3.8, 4) is 5.75 Å². The van der Waals surface area contributed by atoms with Crippen LogP contribution in [0.2, 0.25) is 0 Å². The van der Waals surface area contributed by atoms with Gasteiger partial charge in [0.1, 0.15) is 12.4 Å². The minimum Gasteiger partial charge on any atom is -0.490 e. The Morgan fingerprint density at radius 2 is 2.29 bits per heavy atom. The Morgan fingerprint density at radius 3 is 2.86 bits per heavy atom. The van der Waals surface area contributed by atoms with Gasteiger partial charge in [0.2, 0.25) is 0 Å². The number of halogens is 1. The van der Waals surface area contributed by atoms with E-state index in [0.717, 1.165) is 4.47 Å². The normalized spacial score (nSPS) is 9.86. The number of aliphatic hydroxyl groups excluding tert-OH is 1. The van der Waals surface area contributed by atoms with Crippen molar-refractivity contribution >= 4 is 21.8 Å². The van der Waals surface area contributed by atoms with Crippen LogP contribution in [0.15, 0.2) is 22.7 Å². The van der Waals surface area contributed by atoms with Crippen LogP contribution in [0.5, 0.6) is 5.75 Å². The fraction of sp³-hybridized carbons (Fsp3) is 0.222. The molecule has 0 saturated carbocycles. The molecule has 0 spiro atoms. The van der Waals surface area contributed by atoms with Crippen LogP contribution in [0.25, 0.3) is 0 Å². The highest BCUT2D eigenvalue weighted by Gasteiger charge is 2.09. The summed E-state index contributed by atoms with van der Waals surface area (Å²) in [6.07, 6.45) is 0. The third-order valence-electron chi connectivity index (χ3n) is 1.56. The lowest BCUT2D eigenvalue weighted by Crippen LogP contribution is -2.14. The van der Waals surface area contributed by atoms with Gasteiger partial charge in [0.25, 0.3) is 5.91 Å². The van der Waals surface area contributed by atoms with Crippen molar-refractivity contribution < 1.29 is 14.6 Å². The Bertz CT molecular complexity index is 341. The summed E-state index contributed by atoms with van der Waals surface area (Å²) in [5.41, 5.74) is 5.45. The molecule has 1 rings (SSSR count). The second kappa shape index (κ2) is 4.97. The van der Waals surface area contributed by atoms with Gasteiger partial charge in [-0.25, -0.2) is 0 Å². The highest BCUT2D eigenvalue weighted by molar-refractivity contribution is 9.10. The number of ether oxygens (including phenoxy) is 1. The molecule has 0 atom stereocenters. The molecule has 0 aliphatic heterocycles. The molecule has 0 radical (unpaired) electrons. The monoisotopic (exact) mass is 259 g/mol. The van der Waals surface area contributed by atoms with E-state index in [0.29, 0.717) is 11.3 Å². The van der Waals surface area contributed by atoms with Gasteiger partial charge in [-0.05, 0) is 18.2 Å².